The monoisotopic (exact) mass is 535 g/mol. The van der Waals surface area contributed by atoms with Crippen molar-refractivity contribution in [3.05, 3.63) is 22.7 Å². The highest BCUT2D eigenvalue weighted by Crippen LogP contribution is 2.66. The highest BCUT2D eigenvalue weighted by Gasteiger charge is 2.58. The molecular weight excluding hydrogens is 515 g/mol. The molecule has 1 saturated heterocycles. The molecule has 0 radical (unpaired) electrons. The molecule has 0 saturated carbocycles. The zero-order chi connectivity index (χ0) is 25.4. The first-order valence-electron chi connectivity index (χ1n) is 8.57. The van der Waals surface area contributed by atoms with Crippen molar-refractivity contribution in [1.82, 2.24) is 9.55 Å². The van der Waals surface area contributed by atoms with Crippen LogP contribution >= 0.6 is 23.5 Å². The van der Waals surface area contributed by atoms with Crippen LogP contribution in [0, 0.1) is 11.8 Å². The molecule has 2 rings (SSSR count). The second-order valence-corrected chi connectivity index (χ2v) is 10.9. The van der Waals surface area contributed by atoms with Crippen LogP contribution in [0.1, 0.15) is 20.1 Å². The average Bonchev–Trinajstić information content (AvgIpc) is 2.83. The van der Waals surface area contributed by atoms with Crippen molar-refractivity contribution in [2.24, 2.45) is 0 Å². The molecule has 33 heavy (non-hydrogen) atoms. The molecule has 20 heteroatoms. The number of aliphatic hydroxyl groups excluding tert-OH is 1. The second kappa shape index (κ2) is 9.65. The van der Waals surface area contributed by atoms with Crippen LogP contribution in [-0.4, -0.2) is 63.3 Å². The summed E-state index contributed by atoms with van der Waals surface area (Å²) in [6, 6.07) is 1.18. The van der Waals surface area contributed by atoms with E-state index in [1.54, 1.807) is 0 Å². The van der Waals surface area contributed by atoms with Gasteiger partial charge < -0.3 is 40.3 Å². The molecule has 1 aliphatic heterocycles. The van der Waals surface area contributed by atoms with Crippen LogP contribution in [0.3, 0.4) is 0 Å². The minimum atomic E-state index is -5.79. The molecular formula is C13H20N3O14P3. The van der Waals surface area contributed by atoms with E-state index in [4.69, 9.17) is 20.3 Å². The fraction of sp³-hybridized carbons (Fsp3) is 0.538. The van der Waals surface area contributed by atoms with Crippen LogP contribution < -0.4 is 11.4 Å². The number of aromatic nitrogens is 2. The van der Waals surface area contributed by atoms with Gasteiger partial charge in [0.1, 0.15) is 18.0 Å². The lowest BCUT2D eigenvalue weighted by atomic mass is 9.93. The summed E-state index contributed by atoms with van der Waals surface area (Å²) in [4.78, 5) is 51.7. The molecule has 0 spiro atoms. The summed E-state index contributed by atoms with van der Waals surface area (Å²) < 4.78 is 52.2. The normalized spacial score (nSPS) is 30.0. The molecule has 0 bridgehead atoms. The maximum absolute atomic E-state index is 12.2. The summed E-state index contributed by atoms with van der Waals surface area (Å²) >= 11 is 0. The van der Waals surface area contributed by atoms with Crippen molar-refractivity contribution in [1.29, 1.82) is 0 Å². The molecule has 1 fully saturated rings. The number of phosphoric ester groups is 1. The lowest BCUT2D eigenvalue weighted by Crippen LogP contribution is -2.48. The van der Waals surface area contributed by atoms with Crippen LogP contribution in [0.5, 0.6) is 0 Å². The van der Waals surface area contributed by atoms with Gasteiger partial charge in [0, 0.05) is 6.20 Å². The molecule has 186 valence electrons. The van der Waals surface area contributed by atoms with E-state index in [1.165, 1.54) is 13.0 Å². The van der Waals surface area contributed by atoms with Gasteiger partial charge in [-0.15, -0.1) is 5.92 Å². The molecule has 8 N–H and O–H groups in total. The number of aliphatic hydroxyl groups is 2. The zero-order valence-corrected chi connectivity index (χ0v) is 19.4. The van der Waals surface area contributed by atoms with Gasteiger partial charge >= 0.3 is 29.2 Å². The van der Waals surface area contributed by atoms with E-state index in [0.29, 0.717) is 0 Å². The van der Waals surface area contributed by atoms with Gasteiger partial charge in [-0.1, -0.05) is 5.92 Å². The maximum Gasteiger partial charge on any atom is 0.490 e. The number of hydrogen-bond donors (Lipinski definition) is 7. The lowest BCUT2D eigenvalue weighted by Gasteiger charge is -2.27. The van der Waals surface area contributed by atoms with E-state index in [0.717, 1.165) is 17.7 Å². The Kier molecular flexibility index (Phi) is 8.12. The number of rotatable bonds is 8. The Bertz CT molecular complexity index is 1160. The van der Waals surface area contributed by atoms with Gasteiger partial charge in [-0.05, 0) is 19.9 Å². The van der Waals surface area contributed by atoms with Crippen molar-refractivity contribution in [2.75, 3.05) is 5.73 Å². The van der Waals surface area contributed by atoms with Crippen LogP contribution in [0.2, 0.25) is 0 Å². The Labute approximate surface area is 185 Å². The lowest BCUT2D eigenvalue weighted by molar-refractivity contribution is -0.0868. The Balaban J connectivity index is 2.31. The van der Waals surface area contributed by atoms with Crippen LogP contribution in [0.15, 0.2) is 17.1 Å². The smallest absolute Gasteiger partial charge is 0.386 e. The van der Waals surface area contributed by atoms with E-state index in [9.17, 15) is 38.5 Å². The standard InChI is InChI=1S/C13H20N3O14P3/c1-3-5-13(19)10(17)9(27-11(13)16-6-4-8(14)15-12(16)18)7(2)28-32(23,24)30-33(25,26)29-31(20,21)22/h4,6-7,9-11,17,19H,1-2H3,(H,23,24)(H,25,26)(H2,14,15,18)(H2,20,21,22)/t7-,9-,10+,11-,13?/m1/s1. The van der Waals surface area contributed by atoms with Crippen LogP contribution in [-0.2, 0) is 31.6 Å². The molecule has 0 aromatic carbocycles. The zero-order valence-electron chi connectivity index (χ0n) is 16.7. The van der Waals surface area contributed by atoms with Gasteiger partial charge in [0.25, 0.3) is 0 Å². The third-order valence-electron chi connectivity index (χ3n) is 4.03. The van der Waals surface area contributed by atoms with Gasteiger partial charge in [-0.3, -0.25) is 9.09 Å². The van der Waals surface area contributed by atoms with Crippen molar-refractivity contribution in [3.8, 4) is 11.8 Å². The summed E-state index contributed by atoms with van der Waals surface area (Å²) in [5, 5.41) is 21.5. The fourth-order valence-electron chi connectivity index (χ4n) is 2.88. The Morgan fingerprint density at radius 1 is 1.24 bits per heavy atom. The molecule has 2 heterocycles. The van der Waals surface area contributed by atoms with E-state index < -0.39 is 59.3 Å². The highest BCUT2D eigenvalue weighted by atomic mass is 31.3. The van der Waals surface area contributed by atoms with Gasteiger partial charge in [-0.25, -0.2) is 18.5 Å². The first-order chi connectivity index (χ1) is 14.9. The number of nitrogens with zero attached hydrogens (tertiary/aromatic N) is 2. The second-order valence-electron chi connectivity index (χ2n) is 6.54. The number of nitrogens with two attached hydrogens (primary N) is 1. The summed E-state index contributed by atoms with van der Waals surface area (Å²) in [6.07, 6.45) is -6.02. The molecule has 1 aliphatic rings. The molecule has 0 amide bonds. The highest BCUT2D eigenvalue weighted by molar-refractivity contribution is 7.66. The van der Waals surface area contributed by atoms with E-state index in [2.05, 4.69) is 30.0 Å². The van der Waals surface area contributed by atoms with E-state index >= 15 is 0 Å². The van der Waals surface area contributed by atoms with Crippen molar-refractivity contribution < 1.29 is 61.4 Å². The predicted molar refractivity (Wildman–Crippen MR) is 106 cm³/mol. The SMILES string of the molecule is CC#CC1(O)[C@@H](O)[C@@H]([C@@H](C)OP(=O)(O)OP(=O)(O)OP(=O)(O)O)O[C@H]1n1ccc(N)nc1=O. The van der Waals surface area contributed by atoms with Gasteiger partial charge in [-0.2, -0.15) is 13.6 Å². The van der Waals surface area contributed by atoms with Gasteiger partial charge in [0.05, 0.1) is 6.10 Å². The molecule has 17 nitrogen and oxygen atoms in total. The molecule has 7 atom stereocenters. The number of nitrogen functional groups attached to an aromatic ring is 1. The Hall–Kier alpha value is -1.47. The van der Waals surface area contributed by atoms with Crippen molar-refractivity contribution in [3.63, 3.8) is 0 Å². The number of phosphoric acid groups is 3. The third-order valence-corrected chi connectivity index (χ3v) is 7.96. The summed E-state index contributed by atoms with van der Waals surface area (Å²) in [7, 11) is -17.0. The predicted octanol–water partition coefficient (Wildman–Crippen LogP) is -1.43. The summed E-state index contributed by atoms with van der Waals surface area (Å²) in [5.74, 6) is 4.46. The minimum Gasteiger partial charge on any atom is -0.386 e. The third kappa shape index (κ3) is 6.78. The largest absolute Gasteiger partial charge is 0.490 e. The van der Waals surface area contributed by atoms with Crippen molar-refractivity contribution in [2.45, 2.75) is 44.0 Å². The van der Waals surface area contributed by atoms with Crippen LogP contribution in [0.25, 0.3) is 0 Å². The minimum absolute atomic E-state index is 0.155. The molecule has 0 aliphatic carbocycles. The topological polar surface area (TPSA) is 270 Å². The summed E-state index contributed by atoms with van der Waals surface area (Å²) in [5.41, 5.74) is 1.95. The Morgan fingerprint density at radius 2 is 1.85 bits per heavy atom. The Morgan fingerprint density at radius 3 is 2.36 bits per heavy atom. The first-order valence-corrected chi connectivity index (χ1v) is 13.1. The van der Waals surface area contributed by atoms with Crippen molar-refractivity contribution >= 4 is 29.3 Å². The summed E-state index contributed by atoms with van der Waals surface area (Å²) in [6.45, 7) is 2.31. The molecule has 3 unspecified atom stereocenters. The average molecular weight is 535 g/mol. The van der Waals surface area contributed by atoms with E-state index in [1.807, 2.05) is 0 Å². The van der Waals surface area contributed by atoms with Gasteiger partial charge in [0.2, 0.25) is 0 Å². The molecule has 1 aromatic heterocycles. The quantitative estimate of drug-likeness (QED) is 0.148. The maximum atomic E-state index is 12.2. The van der Waals surface area contributed by atoms with Crippen LogP contribution in [0.4, 0.5) is 5.82 Å². The van der Waals surface area contributed by atoms with Gasteiger partial charge in [0.15, 0.2) is 11.8 Å². The number of anilines is 1. The number of hydrogen-bond acceptors (Lipinski definition) is 12. The molecule has 1 aromatic rings. The van der Waals surface area contributed by atoms with E-state index in [-0.39, 0.29) is 5.82 Å². The first kappa shape index (κ1) is 27.8. The number of ether oxygens (including phenoxy) is 1. The fourth-order valence-corrected chi connectivity index (χ4v) is 6.08.